The molecule has 2 nitrogen and oxygen atoms in total. The minimum absolute atomic E-state index is 0.334. The molecule has 1 N–H and O–H groups in total. The van der Waals surface area contributed by atoms with Gasteiger partial charge in [-0.3, -0.25) is 0 Å². The van der Waals surface area contributed by atoms with Gasteiger partial charge in [-0.05, 0) is 19.8 Å². The number of epoxide rings is 1. The molecule has 0 aromatic heterocycles. The van der Waals surface area contributed by atoms with Crippen LogP contribution in [0.15, 0.2) is 0 Å². The van der Waals surface area contributed by atoms with Crippen molar-refractivity contribution in [3.05, 3.63) is 0 Å². The molecule has 2 aliphatic rings. The van der Waals surface area contributed by atoms with Crippen molar-refractivity contribution in [1.29, 1.82) is 0 Å². The molecule has 4 unspecified atom stereocenters. The summed E-state index contributed by atoms with van der Waals surface area (Å²) < 4.78 is 5.39. The summed E-state index contributed by atoms with van der Waals surface area (Å²) >= 11 is 5.94. The van der Waals surface area contributed by atoms with Crippen molar-refractivity contribution in [3.8, 4) is 0 Å². The number of piperidine rings is 1. The topological polar surface area (TPSA) is 24.6 Å². The maximum absolute atomic E-state index is 5.94. The molecule has 0 spiro atoms. The maximum Gasteiger partial charge on any atom is 0.0991 e. The fraction of sp³-hybridized carbons (Fsp3) is 1.00. The Kier molecular flexibility index (Phi) is 2.08. The zero-order chi connectivity index (χ0) is 7.84. The zero-order valence-corrected chi connectivity index (χ0v) is 7.47. The van der Waals surface area contributed by atoms with Gasteiger partial charge < -0.3 is 10.1 Å². The minimum Gasteiger partial charge on any atom is -0.368 e. The molecule has 0 amide bonds. The highest BCUT2D eigenvalue weighted by Gasteiger charge is 2.42. The molecule has 0 saturated carbocycles. The van der Waals surface area contributed by atoms with E-state index in [0.717, 1.165) is 13.0 Å². The normalized spacial score (nSPS) is 50.7. The summed E-state index contributed by atoms with van der Waals surface area (Å²) in [7, 11) is 0. The van der Waals surface area contributed by atoms with Crippen molar-refractivity contribution in [1.82, 2.24) is 5.32 Å². The Balaban J connectivity index is 1.79. The van der Waals surface area contributed by atoms with E-state index < -0.39 is 0 Å². The van der Waals surface area contributed by atoms with Gasteiger partial charge in [-0.15, -0.1) is 11.6 Å². The van der Waals surface area contributed by atoms with Crippen LogP contribution in [0.1, 0.15) is 19.8 Å². The highest BCUT2D eigenvalue weighted by molar-refractivity contribution is 6.20. The largest absolute Gasteiger partial charge is 0.368 e. The molecule has 2 aliphatic heterocycles. The van der Waals surface area contributed by atoms with Crippen LogP contribution < -0.4 is 5.32 Å². The number of ether oxygens (including phenoxy) is 1. The molecule has 64 valence electrons. The lowest BCUT2D eigenvalue weighted by Gasteiger charge is -2.25. The van der Waals surface area contributed by atoms with Crippen LogP contribution in [0.4, 0.5) is 0 Å². The van der Waals surface area contributed by atoms with E-state index in [4.69, 9.17) is 16.3 Å². The van der Waals surface area contributed by atoms with Gasteiger partial charge >= 0.3 is 0 Å². The third kappa shape index (κ3) is 1.68. The molecule has 0 aromatic carbocycles. The van der Waals surface area contributed by atoms with Crippen molar-refractivity contribution in [2.24, 2.45) is 0 Å². The molecule has 2 saturated heterocycles. The summed E-state index contributed by atoms with van der Waals surface area (Å²) in [4.78, 5) is 0. The summed E-state index contributed by atoms with van der Waals surface area (Å²) in [6, 6.07) is 0.569. The summed E-state index contributed by atoms with van der Waals surface area (Å²) in [5.41, 5.74) is 0. The van der Waals surface area contributed by atoms with Gasteiger partial charge in [0.05, 0.1) is 12.2 Å². The fourth-order valence-electron chi connectivity index (χ4n) is 1.75. The number of hydrogen-bond acceptors (Lipinski definition) is 2. The summed E-state index contributed by atoms with van der Waals surface area (Å²) in [6.07, 6.45) is 3.24. The van der Waals surface area contributed by atoms with Crippen LogP contribution in [0.25, 0.3) is 0 Å². The number of hydrogen-bond donors (Lipinski definition) is 1. The van der Waals surface area contributed by atoms with Gasteiger partial charge in [-0.2, -0.15) is 0 Å². The number of halogens is 1. The van der Waals surface area contributed by atoms with Gasteiger partial charge in [-0.25, -0.2) is 0 Å². The molecule has 0 bridgehead atoms. The third-order valence-electron chi connectivity index (χ3n) is 2.55. The summed E-state index contributed by atoms with van der Waals surface area (Å²) in [5.74, 6) is 0. The Morgan fingerprint density at radius 3 is 2.64 bits per heavy atom. The SMILES string of the molecule is CC1OC1C1CCC(Cl)CN1. The van der Waals surface area contributed by atoms with Gasteiger partial charge in [0, 0.05) is 18.0 Å². The van der Waals surface area contributed by atoms with Crippen LogP contribution in [-0.2, 0) is 4.74 Å². The van der Waals surface area contributed by atoms with Gasteiger partial charge in [0.15, 0.2) is 0 Å². The van der Waals surface area contributed by atoms with E-state index in [9.17, 15) is 0 Å². The second-order valence-electron chi connectivity index (χ2n) is 3.50. The Labute approximate surface area is 72.2 Å². The van der Waals surface area contributed by atoms with Crippen LogP contribution in [0.5, 0.6) is 0 Å². The summed E-state index contributed by atoms with van der Waals surface area (Å²) in [5, 5.41) is 3.74. The van der Waals surface area contributed by atoms with Crippen LogP contribution in [0.3, 0.4) is 0 Å². The van der Waals surface area contributed by atoms with Crippen LogP contribution in [0, 0.1) is 0 Å². The molecule has 0 aromatic rings. The first-order valence-corrected chi connectivity index (χ1v) is 4.74. The van der Waals surface area contributed by atoms with E-state index >= 15 is 0 Å². The van der Waals surface area contributed by atoms with E-state index in [1.807, 2.05) is 0 Å². The minimum atomic E-state index is 0.334. The quantitative estimate of drug-likeness (QED) is 0.478. The van der Waals surface area contributed by atoms with Crippen molar-refractivity contribution < 1.29 is 4.74 Å². The van der Waals surface area contributed by atoms with Crippen molar-refractivity contribution in [2.45, 2.75) is 43.4 Å². The van der Waals surface area contributed by atoms with Gasteiger partial charge in [-0.1, -0.05) is 0 Å². The van der Waals surface area contributed by atoms with Crippen LogP contribution >= 0.6 is 11.6 Å². The average Bonchev–Trinajstić information content (AvgIpc) is 2.69. The Bertz CT molecular complexity index is 145. The van der Waals surface area contributed by atoms with Crippen molar-refractivity contribution in [2.75, 3.05) is 6.54 Å². The predicted molar refractivity (Wildman–Crippen MR) is 45.0 cm³/mol. The Hall–Kier alpha value is 0.210. The van der Waals surface area contributed by atoms with Crippen LogP contribution in [-0.4, -0.2) is 30.2 Å². The summed E-state index contributed by atoms with van der Waals surface area (Å²) in [6.45, 7) is 3.07. The van der Waals surface area contributed by atoms with E-state index in [1.54, 1.807) is 0 Å². The van der Waals surface area contributed by atoms with Crippen molar-refractivity contribution in [3.63, 3.8) is 0 Å². The zero-order valence-electron chi connectivity index (χ0n) is 6.72. The number of rotatable bonds is 1. The molecule has 2 fully saturated rings. The first kappa shape index (κ1) is 7.84. The van der Waals surface area contributed by atoms with Gasteiger partial charge in [0.2, 0.25) is 0 Å². The Morgan fingerprint density at radius 1 is 1.45 bits per heavy atom. The monoisotopic (exact) mass is 175 g/mol. The molecule has 3 heteroatoms. The second-order valence-corrected chi connectivity index (χ2v) is 4.11. The van der Waals surface area contributed by atoms with Crippen LogP contribution in [0.2, 0.25) is 0 Å². The molecule has 0 aliphatic carbocycles. The molecular formula is C8H14ClNO. The Morgan fingerprint density at radius 2 is 2.18 bits per heavy atom. The molecular weight excluding hydrogens is 162 g/mol. The molecule has 11 heavy (non-hydrogen) atoms. The highest BCUT2D eigenvalue weighted by atomic mass is 35.5. The van der Waals surface area contributed by atoms with E-state index in [-0.39, 0.29) is 0 Å². The first-order valence-electron chi connectivity index (χ1n) is 4.30. The lowest BCUT2D eigenvalue weighted by atomic mass is 10.0. The van der Waals surface area contributed by atoms with Crippen molar-refractivity contribution >= 4 is 11.6 Å². The van der Waals surface area contributed by atoms with E-state index in [1.165, 1.54) is 6.42 Å². The molecule has 0 radical (unpaired) electrons. The number of nitrogens with one attached hydrogen (secondary N) is 1. The maximum atomic E-state index is 5.94. The highest BCUT2D eigenvalue weighted by Crippen LogP contribution is 2.29. The molecule has 2 rings (SSSR count). The first-order chi connectivity index (χ1) is 5.27. The number of alkyl halides is 1. The standard InChI is InChI=1S/C8H14ClNO/c1-5-8(11-5)7-3-2-6(9)4-10-7/h5-8,10H,2-4H2,1H3. The second kappa shape index (κ2) is 2.92. The smallest absolute Gasteiger partial charge is 0.0991 e. The lowest BCUT2D eigenvalue weighted by molar-refractivity contribution is 0.297. The average molecular weight is 176 g/mol. The lowest BCUT2D eigenvalue weighted by Crippen LogP contribution is -2.43. The van der Waals surface area contributed by atoms with E-state index in [2.05, 4.69) is 12.2 Å². The molecule has 2 heterocycles. The van der Waals surface area contributed by atoms with Gasteiger partial charge in [0.25, 0.3) is 0 Å². The third-order valence-corrected chi connectivity index (χ3v) is 2.92. The van der Waals surface area contributed by atoms with Gasteiger partial charge in [0.1, 0.15) is 0 Å². The predicted octanol–water partition coefficient (Wildman–Crippen LogP) is 1.13. The van der Waals surface area contributed by atoms with E-state index in [0.29, 0.717) is 23.6 Å². The fourth-order valence-corrected chi connectivity index (χ4v) is 1.96. The molecule has 4 atom stereocenters.